The number of rotatable bonds is 10. The van der Waals surface area contributed by atoms with Gasteiger partial charge >= 0.3 is 18.5 Å². The van der Waals surface area contributed by atoms with Gasteiger partial charge in [0.2, 0.25) is 5.88 Å². The fourth-order valence-electron chi connectivity index (χ4n) is 4.42. The predicted octanol–water partition coefficient (Wildman–Crippen LogP) is 5.98. The Hall–Kier alpha value is -4.46. The number of alkyl carbamates (subject to hydrolysis) is 1. The zero-order chi connectivity index (χ0) is 32.1. The van der Waals surface area contributed by atoms with Gasteiger partial charge in [0.25, 0.3) is 0 Å². The van der Waals surface area contributed by atoms with Crippen LogP contribution in [0.1, 0.15) is 50.3 Å². The molecule has 1 aromatic heterocycles. The Bertz CT molecular complexity index is 1450. The number of nitrogens with zero attached hydrogens (tertiary/aromatic N) is 2. The van der Waals surface area contributed by atoms with Crippen LogP contribution in [0.25, 0.3) is 5.69 Å². The van der Waals surface area contributed by atoms with E-state index in [0.29, 0.717) is 35.5 Å². The van der Waals surface area contributed by atoms with E-state index in [1.165, 1.54) is 30.0 Å². The number of aromatic nitrogens is 2. The SMILES string of the molecule is COCc1ccc(OC(F)(F)F)c(CNC(=O)Nc2c(C)c(OC3CC(OC(=O)NC(C)(C)C)C3)nn2-c2ccccc2)c1. The second-order valence-corrected chi connectivity index (χ2v) is 11.4. The van der Waals surface area contributed by atoms with Crippen molar-refractivity contribution in [3.8, 4) is 17.3 Å². The molecule has 1 aliphatic rings. The molecule has 238 valence electrons. The number of carbonyl (C=O) groups is 2. The number of halogens is 3. The summed E-state index contributed by atoms with van der Waals surface area (Å²) in [5.74, 6) is 0.151. The first-order valence-electron chi connectivity index (χ1n) is 13.9. The van der Waals surface area contributed by atoms with Crippen molar-refractivity contribution in [1.29, 1.82) is 0 Å². The van der Waals surface area contributed by atoms with Crippen molar-refractivity contribution in [3.05, 3.63) is 65.2 Å². The number of anilines is 1. The Morgan fingerprint density at radius 2 is 1.75 bits per heavy atom. The Balaban J connectivity index is 1.46. The number of hydrogen-bond acceptors (Lipinski definition) is 7. The van der Waals surface area contributed by atoms with Crippen LogP contribution in [0, 0.1) is 6.92 Å². The van der Waals surface area contributed by atoms with Gasteiger partial charge in [-0.15, -0.1) is 18.3 Å². The van der Waals surface area contributed by atoms with E-state index in [4.69, 9.17) is 14.2 Å². The number of para-hydroxylation sites is 1. The highest BCUT2D eigenvalue weighted by atomic mass is 19.4. The normalized spacial score (nSPS) is 16.5. The van der Waals surface area contributed by atoms with Gasteiger partial charge in [0.1, 0.15) is 23.8 Å². The molecule has 1 fully saturated rings. The topological polar surface area (TPSA) is 125 Å². The van der Waals surface area contributed by atoms with E-state index in [1.54, 1.807) is 19.1 Å². The first-order valence-corrected chi connectivity index (χ1v) is 13.9. The number of hydrogen-bond donors (Lipinski definition) is 3. The molecule has 0 bridgehead atoms. The van der Waals surface area contributed by atoms with Crippen molar-refractivity contribution in [2.75, 3.05) is 12.4 Å². The summed E-state index contributed by atoms with van der Waals surface area (Å²) in [5, 5.41) is 12.7. The Morgan fingerprint density at radius 3 is 2.39 bits per heavy atom. The third-order valence-corrected chi connectivity index (χ3v) is 6.49. The summed E-state index contributed by atoms with van der Waals surface area (Å²) < 4.78 is 61.2. The molecular weight excluding hydrogens is 583 g/mol. The van der Waals surface area contributed by atoms with Gasteiger partial charge < -0.3 is 29.6 Å². The lowest BCUT2D eigenvalue weighted by Gasteiger charge is -2.34. The average molecular weight is 620 g/mol. The van der Waals surface area contributed by atoms with Crippen molar-refractivity contribution in [2.24, 2.45) is 0 Å². The van der Waals surface area contributed by atoms with Crippen LogP contribution >= 0.6 is 0 Å². The molecule has 0 saturated heterocycles. The van der Waals surface area contributed by atoms with E-state index in [-0.39, 0.29) is 36.8 Å². The Labute approximate surface area is 253 Å². The number of benzene rings is 2. The lowest BCUT2D eigenvalue weighted by atomic mass is 9.92. The average Bonchev–Trinajstić information content (AvgIpc) is 3.20. The zero-order valence-corrected chi connectivity index (χ0v) is 25.1. The molecular formula is C30H36F3N5O6. The Kier molecular flexibility index (Phi) is 9.92. The minimum atomic E-state index is -4.90. The van der Waals surface area contributed by atoms with Crippen LogP contribution in [0.4, 0.5) is 28.6 Å². The molecule has 4 rings (SSSR count). The van der Waals surface area contributed by atoms with Crippen LogP contribution in [0.15, 0.2) is 48.5 Å². The van der Waals surface area contributed by atoms with Crippen molar-refractivity contribution >= 4 is 17.9 Å². The standard InChI is InChI=1S/C30H36F3N5O6/c1-18-25(35-27(39)34-16-20-13-19(17-41-5)11-12-24(20)44-30(31,32)33)38(21-9-7-6-8-10-21)37-26(18)42-22-14-23(15-22)43-28(40)36-29(2,3)4/h6-13,22-23H,14-17H2,1-5H3,(H,36,40)(H2,34,35,39). The van der Waals surface area contributed by atoms with Crippen LogP contribution in [0.2, 0.25) is 0 Å². The first kappa shape index (κ1) is 32.5. The highest BCUT2D eigenvalue weighted by Gasteiger charge is 2.36. The van der Waals surface area contributed by atoms with Crippen LogP contribution in [0.3, 0.4) is 0 Å². The molecule has 0 radical (unpaired) electrons. The van der Waals surface area contributed by atoms with Crippen molar-refractivity contribution in [2.45, 2.75) is 77.8 Å². The van der Waals surface area contributed by atoms with Gasteiger partial charge in [0.15, 0.2) is 0 Å². The summed E-state index contributed by atoms with van der Waals surface area (Å²) in [6, 6.07) is 12.5. The van der Waals surface area contributed by atoms with Crippen molar-refractivity contribution < 1.29 is 41.7 Å². The molecule has 3 amide bonds. The van der Waals surface area contributed by atoms with E-state index >= 15 is 0 Å². The molecule has 1 saturated carbocycles. The lowest BCUT2D eigenvalue weighted by molar-refractivity contribution is -0.274. The maximum absolute atomic E-state index is 13.0. The third-order valence-electron chi connectivity index (χ3n) is 6.49. The van der Waals surface area contributed by atoms with Gasteiger partial charge in [-0.05, 0) is 57.5 Å². The predicted molar refractivity (Wildman–Crippen MR) is 155 cm³/mol. The van der Waals surface area contributed by atoms with Gasteiger partial charge in [0, 0.05) is 37.6 Å². The molecule has 44 heavy (non-hydrogen) atoms. The number of methoxy groups -OCH3 is 1. The summed E-state index contributed by atoms with van der Waals surface area (Å²) in [7, 11) is 1.46. The second-order valence-electron chi connectivity index (χ2n) is 11.4. The van der Waals surface area contributed by atoms with Gasteiger partial charge in [-0.2, -0.15) is 0 Å². The molecule has 0 unspecified atom stereocenters. The number of ether oxygens (including phenoxy) is 4. The van der Waals surface area contributed by atoms with E-state index in [9.17, 15) is 22.8 Å². The van der Waals surface area contributed by atoms with E-state index < -0.39 is 29.8 Å². The first-order chi connectivity index (χ1) is 20.7. The van der Waals surface area contributed by atoms with Gasteiger partial charge in [0.05, 0.1) is 17.9 Å². The molecule has 2 aromatic carbocycles. The maximum atomic E-state index is 13.0. The van der Waals surface area contributed by atoms with Gasteiger partial charge in [-0.1, -0.05) is 24.3 Å². The number of alkyl halides is 3. The third kappa shape index (κ3) is 9.02. The molecule has 3 aromatic rings. The van der Waals surface area contributed by atoms with E-state index in [1.807, 2.05) is 39.0 Å². The summed E-state index contributed by atoms with van der Waals surface area (Å²) in [4.78, 5) is 25.1. The van der Waals surface area contributed by atoms with Crippen molar-refractivity contribution in [1.82, 2.24) is 20.4 Å². The second kappa shape index (κ2) is 13.5. The molecule has 3 N–H and O–H groups in total. The zero-order valence-electron chi connectivity index (χ0n) is 25.1. The molecule has 11 nitrogen and oxygen atoms in total. The number of amides is 3. The van der Waals surface area contributed by atoms with E-state index in [0.717, 1.165) is 0 Å². The van der Waals surface area contributed by atoms with Gasteiger partial charge in [-0.3, -0.25) is 5.32 Å². The molecule has 0 aliphatic heterocycles. The number of carbonyl (C=O) groups excluding carboxylic acids is 2. The monoisotopic (exact) mass is 619 g/mol. The Morgan fingerprint density at radius 1 is 1.05 bits per heavy atom. The fourth-order valence-corrected chi connectivity index (χ4v) is 4.42. The summed E-state index contributed by atoms with van der Waals surface area (Å²) in [6.07, 6.45) is -5.00. The highest BCUT2D eigenvalue weighted by Crippen LogP contribution is 2.34. The minimum Gasteiger partial charge on any atom is -0.473 e. The minimum absolute atomic E-state index is 0.113. The molecule has 14 heteroatoms. The van der Waals surface area contributed by atoms with Crippen LogP contribution < -0.4 is 25.4 Å². The molecule has 0 atom stereocenters. The smallest absolute Gasteiger partial charge is 0.473 e. The van der Waals surface area contributed by atoms with Crippen LogP contribution in [-0.2, 0) is 22.6 Å². The maximum Gasteiger partial charge on any atom is 0.573 e. The lowest BCUT2D eigenvalue weighted by Crippen LogP contribution is -2.46. The molecule has 1 heterocycles. The number of urea groups is 1. The largest absolute Gasteiger partial charge is 0.573 e. The summed E-state index contributed by atoms with van der Waals surface area (Å²) in [5.41, 5.74) is 1.48. The summed E-state index contributed by atoms with van der Waals surface area (Å²) in [6.45, 7) is 7.21. The van der Waals surface area contributed by atoms with E-state index in [2.05, 4.69) is 25.8 Å². The quantitative estimate of drug-likeness (QED) is 0.255. The van der Waals surface area contributed by atoms with Crippen molar-refractivity contribution in [3.63, 3.8) is 0 Å². The van der Waals surface area contributed by atoms with Crippen LogP contribution in [0.5, 0.6) is 11.6 Å². The van der Waals surface area contributed by atoms with Crippen LogP contribution in [-0.4, -0.2) is 53.1 Å². The summed E-state index contributed by atoms with van der Waals surface area (Å²) >= 11 is 0. The van der Waals surface area contributed by atoms with Gasteiger partial charge in [-0.25, -0.2) is 14.3 Å². The number of nitrogens with one attached hydrogen (secondary N) is 3. The fraction of sp³-hybridized carbons (Fsp3) is 0.433. The highest BCUT2D eigenvalue weighted by molar-refractivity contribution is 5.89. The molecule has 1 aliphatic carbocycles. The molecule has 0 spiro atoms.